The third kappa shape index (κ3) is 6.02. The smallest absolute Gasteiger partial charge is 0.326 e. The number of carboxylic acids is 1. The van der Waals surface area contributed by atoms with Crippen LogP contribution in [0.4, 0.5) is 0 Å². The van der Waals surface area contributed by atoms with Crippen LogP contribution in [0.1, 0.15) is 32.3 Å². The van der Waals surface area contributed by atoms with E-state index in [1.807, 2.05) is 6.07 Å². The summed E-state index contributed by atoms with van der Waals surface area (Å²) in [6.07, 6.45) is 1.29. The molecule has 3 amide bonds. The Kier molecular flexibility index (Phi) is 7.72. The fourth-order valence-electron chi connectivity index (χ4n) is 3.29. The maximum Gasteiger partial charge on any atom is 0.326 e. The lowest BCUT2D eigenvalue weighted by Gasteiger charge is -2.27. The van der Waals surface area contributed by atoms with E-state index in [4.69, 9.17) is 5.73 Å². The quantitative estimate of drug-likeness (QED) is 0.466. The lowest BCUT2D eigenvalue weighted by molar-refractivity contribution is -0.142. The Morgan fingerprint density at radius 2 is 1.83 bits per heavy atom. The minimum Gasteiger partial charge on any atom is -0.480 e. The second-order valence-electron chi connectivity index (χ2n) is 7.30. The number of hydrogen-bond acceptors (Lipinski definition) is 5. The summed E-state index contributed by atoms with van der Waals surface area (Å²) >= 11 is 0. The van der Waals surface area contributed by atoms with Crippen LogP contribution in [0.5, 0.6) is 0 Å². The molecule has 1 aliphatic rings. The molecule has 4 unspecified atom stereocenters. The van der Waals surface area contributed by atoms with Crippen molar-refractivity contribution in [3.05, 3.63) is 35.9 Å². The topological polar surface area (TPSA) is 142 Å². The number of rotatable bonds is 8. The number of carbonyl (C=O) groups is 4. The van der Waals surface area contributed by atoms with Gasteiger partial charge in [-0.3, -0.25) is 14.4 Å². The first-order valence-corrected chi connectivity index (χ1v) is 9.64. The summed E-state index contributed by atoms with van der Waals surface area (Å²) in [4.78, 5) is 50.1. The Bertz CT molecular complexity index is 752. The molecule has 0 saturated carbocycles. The number of hydrogen-bond donors (Lipinski definition) is 4. The third-order valence-corrected chi connectivity index (χ3v) is 4.88. The molecular formula is C20H28N4O5. The molecule has 1 aromatic carbocycles. The Labute approximate surface area is 169 Å². The average molecular weight is 404 g/mol. The van der Waals surface area contributed by atoms with Crippen LogP contribution in [-0.2, 0) is 25.6 Å². The summed E-state index contributed by atoms with van der Waals surface area (Å²) in [7, 11) is 0. The van der Waals surface area contributed by atoms with Gasteiger partial charge in [-0.25, -0.2) is 4.79 Å². The number of likely N-dealkylation sites (tertiary alicyclic amines) is 1. The summed E-state index contributed by atoms with van der Waals surface area (Å²) in [6, 6.07) is 5.49. The molecule has 9 heteroatoms. The van der Waals surface area contributed by atoms with Gasteiger partial charge in [-0.2, -0.15) is 0 Å². The van der Waals surface area contributed by atoms with Crippen molar-refractivity contribution in [3.63, 3.8) is 0 Å². The van der Waals surface area contributed by atoms with Crippen molar-refractivity contribution < 1.29 is 24.3 Å². The molecule has 0 spiro atoms. The Hall–Kier alpha value is -2.94. The molecule has 4 atom stereocenters. The molecule has 2 rings (SSSR count). The number of nitrogens with two attached hydrogens (primary N) is 1. The second-order valence-corrected chi connectivity index (χ2v) is 7.30. The Morgan fingerprint density at radius 1 is 1.17 bits per heavy atom. The van der Waals surface area contributed by atoms with Crippen molar-refractivity contribution in [1.82, 2.24) is 15.5 Å². The van der Waals surface area contributed by atoms with E-state index in [0.29, 0.717) is 19.4 Å². The normalized spacial score (nSPS) is 19.1. The zero-order valence-electron chi connectivity index (χ0n) is 16.6. The minimum atomic E-state index is -1.16. The molecule has 0 bridgehead atoms. The van der Waals surface area contributed by atoms with E-state index in [9.17, 15) is 24.3 Å². The van der Waals surface area contributed by atoms with E-state index in [2.05, 4.69) is 10.6 Å². The van der Waals surface area contributed by atoms with Gasteiger partial charge in [-0.1, -0.05) is 30.3 Å². The number of amides is 3. The number of aliphatic carboxylic acids is 1. The van der Waals surface area contributed by atoms with Crippen molar-refractivity contribution >= 4 is 23.7 Å². The summed E-state index contributed by atoms with van der Waals surface area (Å²) in [5, 5.41) is 14.4. The molecule has 1 saturated heterocycles. The molecule has 0 aromatic heterocycles. The highest BCUT2D eigenvalue weighted by Crippen LogP contribution is 2.18. The van der Waals surface area contributed by atoms with Crippen LogP contribution in [0.3, 0.4) is 0 Å². The first-order valence-electron chi connectivity index (χ1n) is 9.64. The monoisotopic (exact) mass is 404 g/mol. The van der Waals surface area contributed by atoms with Gasteiger partial charge in [0, 0.05) is 13.0 Å². The van der Waals surface area contributed by atoms with Gasteiger partial charge < -0.3 is 26.4 Å². The molecule has 1 aliphatic heterocycles. The lowest BCUT2D eigenvalue weighted by Crippen LogP contribution is -2.55. The summed E-state index contributed by atoms with van der Waals surface area (Å²) in [6.45, 7) is 3.48. The van der Waals surface area contributed by atoms with Gasteiger partial charge in [0.2, 0.25) is 17.7 Å². The fourth-order valence-corrected chi connectivity index (χ4v) is 3.29. The standard InChI is InChI=1S/C20H28N4O5/c1-12(21)19(27)24-10-6-9-16(24)18(26)22-13(2)17(25)23-15(20(28)29)11-14-7-4-3-5-8-14/h3-5,7-8,12-13,15-16H,6,9-11,21H2,1-2H3,(H,22,26)(H,23,25)(H,28,29). The molecule has 9 nitrogen and oxygen atoms in total. The van der Waals surface area contributed by atoms with Crippen molar-refractivity contribution in [2.24, 2.45) is 5.73 Å². The molecule has 1 aromatic rings. The molecule has 158 valence electrons. The maximum atomic E-state index is 12.6. The highest BCUT2D eigenvalue weighted by atomic mass is 16.4. The zero-order valence-corrected chi connectivity index (χ0v) is 16.6. The third-order valence-electron chi connectivity index (χ3n) is 4.88. The summed E-state index contributed by atoms with van der Waals surface area (Å²) in [5.74, 6) is -2.53. The number of nitrogens with zero attached hydrogens (tertiary/aromatic N) is 1. The van der Waals surface area contributed by atoms with Crippen LogP contribution in [0.15, 0.2) is 30.3 Å². The van der Waals surface area contributed by atoms with Gasteiger partial charge in [0.1, 0.15) is 18.1 Å². The van der Waals surface area contributed by atoms with Crippen LogP contribution in [0.2, 0.25) is 0 Å². The first-order chi connectivity index (χ1) is 13.7. The Balaban J connectivity index is 1.95. The van der Waals surface area contributed by atoms with Crippen molar-refractivity contribution in [2.75, 3.05) is 6.54 Å². The molecule has 29 heavy (non-hydrogen) atoms. The number of carboxylic acid groups (broad SMARTS) is 1. The predicted octanol–water partition coefficient (Wildman–Crippen LogP) is -0.359. The molecule has 1 fully saturated rings. The summed E-state index contributed by atoms with van der Waals surface area (Å²) < 4.78 is 0. The van der Waals surface area contributed by atoms with Crippen molar-refractivity contribution in [2.45, 2.75) is 57.3 Å². The molecule has 5 N–H and O–H groups in total. The number of benzene rings is 1. The van der Waals surface area contributed by atoms with Crippen LogP contribution in [-0.4, -0.2) is 64.4 Å². The first kappa shape index (κ1) is 22.4. The van der Waals surface area contributed by atoms with E-state index in [-0.39, 0.29) is 12.3 Å². The van der Waals surface area contributed by atoms with E-state index in [1.54, 1.807) is 31.2 Å². The number of carbonyl (C=O) groups excluding carboxylic acids is 3. The van der Waals surface area contributed by atoms with Gasteiger partial charge in [0.25, 0.3) is 0 Å². The molecular weight excluding hydrogens is 376 g/mol. The van der Waals surface area contributed by atoms with Crippen molar-refractivity contribution in [3.8, 4) is 0 Å². The van der Waals surface area contributed by atoms with E-state index < -0.39 is 42.0 Å². The molecule has 0 aliphatic carbocycles. The fraction of sp³-hybridized carbons (Fsp3) is 0.500. The van der Waals surface area contributed by atoms with E-state index in [0.717, 1.165) is 5.56 Å². The molecule has 0 radical (unpaired) electrons. The van der Waals surface area contributed by atoms with Gasteiger partial charge >= 0.3 is 5.97 Å². The van der Waals surface area contributed by atoms with Crippen LogP contribution in [0.25, 0.3) is 0 Å². The van der Waals surface area contributed by atoms with Gasteiger partial charge in [-0.15, -0.1) is 0 Å². The van der Waals surface area contributed by atoms with Gasteiger partial charge in [0.05, 0.1) is 6.04 Å². The molecule has 1 heterocycles. The SMILES string of the molecule is CC(N)C(=O)N1CCCC1C(=O)NC(C)C(=O)NC(Cc1ccccc1)C(=O)O. The van der Waals surface area contributed by atoms with E-state index in [1.165, 1.54) is 11.8 Å². The lowest BCUT2D eigenvalue weighted by atomic mass is 10.1. The van der Waals surface area contributed by atoms with Crippen LogP contribution in [0, 0.1) is 0 Å². The Morgan fingerprint density at radius 3 is 2.41 bits per heavy atom. The zero-order chi connectivity index (χ0) is 21.6. The highest BCUT2D eigenvalue weighted by Gasteiger charge is 2.36. The number of nitrogens with one attached hydrogen (secondary N) is 2. The average Bonchev–Trinajstić information content (AvgIpc) is 3.17. The van der Waals surface area contributed by atoms with Crippen LogP contribution < -0.4 is 16.4 Å². The van der Waals surface area contributed by atoms with Gasteiger partial charge in [0.15, 0.2) is 0 Å². The largest absolute Gasteiger partial charge is 0.480 e. The minimum absolute atomic E-state index is 0.127. The maximum absolute atomic E-state index is 12.6. The summed E-state index contributed by atoms with van der Waals surface area (Å²) in [5.41, 5.74) is 6.40. The second kappa shape index (κ2) is 10.0. The highest BCUT2D eigenvalue weighted by molar-refractivity contribution is 5.94. The van der Waals surface area contributed by atoms with Gasteiger partial charge in [-0.05, 0) is 32.3 Å². The van der Waals surface area contributed by atoms with Crippen LogP contribution >= 0.6 is 0 Å². The van der Waals surface area contributed by atoms with Crippen molar-refractivity contribution in [1.29, 1.82) is 0 Å². The predicted molar refractivity (Wildman–Crippen MR) is 106 cm³/mol. The van der Waals surface area contributed by atoms with E-state index >= 15 is 0 Å².